The van der Waals surface area contributed by atoms with Crippen molar-refractivity contribution in [2.24, 2.45) is 0 Å². The van der Waals surface area contributed by atoms with Gasteiger partial charge in [-0.2, -0.15) is 0 Å². The Balaban J connectivity index is 1.44. The Morgan fingerprint density at radius 3 is 1.50 bits per heavy atom. The Hall–Kier alpha value is -3.66. The van der Waals surface area contributed by atoms with E-state index < -0.39 is 0 Å². The summed E-state index contributed by atoms with van der Waals surface area (Å²) in [5.41, 5.74) is 2.20. The summed E-state index contributed by atoms with van der Waals surface area (Å²) >= 11 is 0. The molecule has 0 aliphatic rings. The average molecular weight is 368 g/mol. The number of aromatic hydroxyl groups is 2. The van der Waals surface area contributed by atoms with E-state index in [9.17, 15) is 10.2 Å². The van der Waals surface area contributed by atoms with E-state index in [1.54, 1.807) is 0 Å². The van der Waals surface area contributed by atoms with E-state index in [2.05, 4.69) is 18.2 Å². The highest BCUT2D eigenvalue weighted by atomic mass is 16.3. The Morgan fingerprint density at radius 1 is 0.571 bits per heavy atom. The summed E-state index contributed by atoms with van der Waals surface area (Å²) in [5.74, 6) is 0.575. The lowest BCUT2D eigenvalue weighted by molar-refractivity contribution is 0.429. The van der Waals surface area contributed by atoms with Gasteiger partial charge in [-0.3, -0.25) is 0 Å². The van der Waals surface area contributed by atoms with Crippen molar-refractivity contribution in [3.63, 3.8) is 0 Å². The highest BCUT2D eigenvalue weighted by Crippen LogP contribution is 2.29. The fourth-order valence-electron chi connectivity index (χ4n) is 3.85. The highest BCUT2D eigenvalue weighted by Gasteiger charge is 2.10. The minimum Gasteiger partial charge on any atom is -0.494 e. The molecule has 0 bridgehead atoms. The van der Waals surface area contributed by atoms with Crippen LogP contribution in [0, 0.1) is 0 Å². The summed E-state index contributed by atoms with van der Waals surface area (Å²) in [5, 5.41) is 24.8. The van der Waals surface area contributed by atoms with Gasteiger partial charge in [-0.15, -0.1) is 0 Å². The predicted octanol–water partition coefficient (Wildman–Crippen LogP) is 5.10. The molecule has 2 heterocycles. The van der Waals surface area contributed by atoms with Crippen LogP contribution in [0.5, 0.6) is 11.8 Å². The van der Waals surface area contributed by atoms with Crippen molar-refractivity contribution in [1.29, 1.82) is 0 Å². The average Bonchev–Trinajstić information content (AvgIpc) is 3.20. The topological polar surface area (TPSA) is 50.3 Å². The second-order valence-corrected chi connectivity index (χ2v) is 7.16. The molecular formula is C24H20N2O2. The van der Waals surface area contributed by atoms with Gasteiger partial charge >= 0.3 is 0 Å². The van der Waals surface area contributed by atoms with E-state index in [0.717, 1.165) is 32.7 Å². The molecule has 3 aromatic carbocycles. The van der Waals surface area contributed by atoms with Gasteiger partial charge in [-0.25, -0.2) is 0 Å². The zero-order chi connectivity index (χ0) is 19.1. The molecule has 4 nitrogen and oxygen atoms in total. The highest BCUT2D eigenvalue weighted by molar-refractivity contribution is 5.88. The Labute approximate surface area is 162 Å². The number of hydrogen-bond donors (Lipinski definition) is 2. The van der Waals surface area contributed by atoms with Crippen LogP contribution < -0.4 is 0 Å². The maximum absolute atomic E-state index is 10.5. The van der Waals surface area contributed by atoms with E-state index in [-0.39, 0.29) is 11.8 Å². The third-order valence-corrected chi connectivity index (χ3v) is 5.23. The first-order valence-corrected chi connectivity index (χ1v) is 9.30. The van der Waals surface area contributed by atoms with Gasteiger partial charge in [0.05, 0.1) is 13.1 Å². The molecule has 0 amide bonds. The molecule has 0 saturated carbocycles. The maximum atomic E-state index is 10.5. The lowest BCUT2D eigenvalue weighted by atomic mass is 10.1. The summed E-state index contributed by atoms with van der Waals surface area (Å²) in [6.45, 7) is 1.18. The molecule has 0 aliphatic carbocycles. The third-order valence-electron chi connectivity index (χ3n) is 5.23. The van der Waals surface area contributed by atoms with Crippen LogP contribution in [0.1, 0.15) is 11.1 Å². The van der Waals surface area contributed by atoms with Crippen molar-refractivity contribution < 1.29 is 10.2 Å². The lowest BCUT2D eigenvalue weighted by Crippen LogP contribution is -2.01. The molecule has 0 radical (unpaired) electrons. The van der Waals surface area contributed by atoms with Crippen molar-refractivity contribution in [2.45, 2.75) is 13.1 Å². The standard InChI is InChI=1S/C24H20N2O2/c27-23-21-10-3-1-8-19(21)15-25(23)13-17-6-5-7-18(12-17)14-26-16-20-9-2-4-11-22(20)24(26)28/h1-12,15-16,27-28H,13-14H2. The van der Waals surface area contributed by atoms with E-state index in [1.807, 2.05) is 76.1 Å². The molecule has 28 heavy (non-hydrogen) atoms. The Kier molecular flexibility index (Phi) is 3.83. The van der Waals surface area contributed by atoms with Gasteiger partial charge in [-0.1, -0.05) is 60.7 Å². The van der Waals surface area contributed by atoms with Crippen LogP contribution in [0.25, 0.3) is 21.5 Å². The van der Waals surface area contributed by atoms with Crippen LogP contribution in [0.4, 0.5) is 0 Å². The molecule has 0 fully saturated rings. The van der Waals surface area contributed by atoms with Crippen molar-refractivity contribution in [3.8, 4) is 11.8 Å². The summed E-state index contributed by atoms with van der Waals surface area (Å²) in [6, 6.07) is 23.9. The maximum Gasteiger partial charge on any atom is 0.199 e. The molecule has 5 rings (SSSR count). The van der Waals surface area contributed by atoms with Crippen LogP contribution >= 0.6 is 0 Å². The van der Waals surface area contributed by atoms with E-state index in [0.29, 0.717) is 13.1 Å². The number of rotatable bonds is 4. The summed E-state index contributed by atoms with van der Waals surface area (Å²) in [4.78, 5) is 0. The molecule has 0 atom stereocenters. The second kappa shape index (κ2) is 6.50. The van der Waals surface area contributed by atoms with Crippen LogP contribution in [0.3, 0.4) is 0 Å². The van der Waals surface area contributed by atoms with Gasteiger partial charge in [0.25, 0.3) is 0 Å². The predicted molar refractivity (Wildman–Crippen MR) is 112 cm³/mol. The molecule has 2 N–H and O–H groups in total. The Morgan fingerprint density at radius 2 is 1.04 bits per heavy atom. The summed E-state index contributed by atoms with van der Waals surface area (Å²) in [7, 11) is 0. The fraction of sp³-hybridized carbons (Fsp3) is 0.0833. The minimum atomic E-state index is 0.287. The molecule has 2 aromatic heterocycles. The Bertz CT molecular complexity index is 1200. The monoisotopic (exact) mass is 368 g/mol. The van der Waals surface area contributed by atoms with Gasteiger partial charge in [0.2, 0.25) is 0 Å². The lowest BCUT2D eigenvalue weighted by Gasteiger charge is -2.09. The van der Waals surface area contributed by atoms with Gasteiger partial charge in [-0.05, 0) is 23.3 Å². The van der Waals surface area contributed by atoms with Crippen LogP contribution in [-0.4, -0.2) is 19.3 Å². The number of benzene rings is 3. The van der Waals surface area contributed by atoms with Crippen LogP contribution in [-0.2, 0) is 13.1 Å². The number of fused-ring (bicyclic) bond motifs is 2. The van der Waals surface area contributed by atoms with E-state index in [1.165, 1.54) is 0 Å². The van der Waals surface area contributed by atoms with Gasteiger partial charge in [0.1, 0.15) is 0 Å². The van der Waals surface area contributed by atoms with Crippen molar-refractivity contribution in [2.75, 3.05) is 0 Å². The van der Waals surface area contributed by atoms with Crippen molar-refractivity contribution >= 4 is 21.5 Å². The molecular weight excluding hydrogens is 348 g/mol. The first-order valence-electron chi connectivity index (χ1n) is 9.30. The van der Waals surface area contributed by atoms with Gasteiger partial charge in [0, 0.05) is 33.9 Å². The van der Waals surface area contributed by atoms with Crippen molar-refractivity contribution in [3.05, 3.63) is 96.3 Å². The summed E-state index contributed by atoms with van der Waals surface area (Å²) < 4.78 is 3.73. The van der Waals surface area contributed by atoms with Crippen LogP contribution in [0.15, 0.2) is 85.2 Å². The fourth-order valence-corrected chi connectivity index (χ4v) is 3.85. The number of nitrogens with zero attached hydrogens (tertiary/aromatic N) is 2. The minimum absolute atomic E-state index is 0.287. The smallest absolute Gasteiger partial charge is 0.199 e. The van der Waals surface area contributed by atoms with Crippen LogP contribution in [0.2, 0.25) is 0 Å². The summed E-state index contributed by atoms with van der Waals surface area (Å²) in [6.07, 6.45) is 3.95. The zero-order valence-corrected chi connectivity index (χ0v) is 15.3. The van der Waals surface area contributed by atoms with Gasteiger partial charge < -0.3 is 19.3 Å². The first-order chi connectivity index (χ1) is 13.7. The molecule has 0 spiro atoms. The molecule has 0 saturated heterocycles. The normalized spacial score (nSPS) is 11.4. The quantitative estimate of drug-likeness (QED) is 0.463. The molecule has 5 aromatic rings. The SMILES string of the molecule is Oc1c2ccccc2cn1Cc1cccc(Cn2cc3ccccc3c2O)c1. The number of aromatic nitrogens is 2. The molecule has 4 heteroatoms. The largest absolute Gasteiger partial charge is 0.494 e. The molecule has 138 valence electrons. The van der Waals surface area contributed by atoms with Gasteiger partial charge in [0.15, 0.2) is 11.8 Å². The third kappa shape index (κ3) is 2.79. The molecule has 0 aliphatic heterocycles. The molecule has 0 unspecified atom stereocenters. The van der Waals surface area contributed by atoms with Crippen molar-refractivity contribution in [1.82, 2.24) is 9.13 Å². The zero-order valence-electron chi connectivity index (χ0n) is 15.3. The first kappa shape index (κ1) is 16.5. The number of hydrogen-bond acceptors (Lipinski definition) is 2. The van der Waals surface area contributed by atoms with E-state index in [4.69, 9.17) is 0 Å². The second-order valence-electron chi connectivity index (χ2n) is 7.16. The van der Waals surface area contributed by atoms with E-state index >= 15 is 0 Å².